The second-order valence-electron chi connectivity index (χ2n) is 12.8. The zero-order valence-corrected chi connectivity index (χ0v) is 24.0. The molecule has 0 N–H and O–H groups in total. The van der Waals surface area contributed by atoms with Gasteiger partial charge >= 0.3 is 0 Å². The number of para-hydroxylation sites is 1. The summed E-state index contributed by atoms with van der Waals surface area (Å²) in [5.41, 5.74) is 14.1. The van der Waals surface area contributed by atoms with Gasteiger partial charge in [0.1, 0.15) is 0 Å². The number of rotatable bonds is 1. The van der Waals surface area contributed by atoms with Gasteiger partial charge in [0.15, 0.2) is 0 Å². The summed E-state index contributed by atoms with van der Waals surface area (Å²) in [4.78, 5) is 13.8. The van der Waals surface area contributed by atoms with Crippen LogP contribution in [0.5, 0.6) is 0 Å². The van der Waals surface area contributed by atoms with Crippen molar-refractivity contribution in [2.45, 2.75) is 25.2 Å². The maximum atomic E-state index is 13.8. The zero-order chi connectivity index (χ0) is 28.6. The quantitative estimate of drug-likeness (QED) is 0.187. The molecule has 2 aromatic heterocycles. The maximum absolute atomic E-state index is 13.8. The molecule has 0 bridgehead atoms. The summed E-state index contributed by atoms with van der Waals surface area (Å²) in [6.07, 6.45) is 0. The molecule has 10 rings (SSSR count). The molecule has 2 aliphatic rings. The Hall–Kier alpha value is -5.21. The highest BCUT2D eigenvalue weighted by atomic mass is 16.1. The summed E-state index contributed by atoms with van der Waals surface area (Å²) >= 11 is 0. The molecule has 2 heterocycles. The standard InChI is InChI=1S/C41H27NO/c1-41(2)34-17-9-7-16-30(34)37-28-14-5-3-11-25(28)31-19-24(22-35(41)38(31)37)23-20-32-26-12-4-6-15-29(26)40(43)42-36-18-10-8-13-27(36)33(21-23)39(32)42/h3-22,37H,1-2H3. The van der Waals surface area contributed by atoms with E-state index in [0.717, 1.165) is 38.0 Å². The molecule has 1 unspecified atom stereocenters. The Kier molecular flexibility index (Phi) is 4.23. The fraction of sp³-hybridized carbons (Fsp3) is 0.0976. The number of aromatic nitrogens is 1. The van der Waals surface area contributed by atoms with E-state index in [9.17, 15) is 4.79 Å². The molecule has 2 heteroatoms. The molecule has 0 amide bonds. The summed E-state index contributed by atoms with van der Waals surface area (Å²) in [7, 11) is 0. The fourth-order valence-electron chi connectivity index (χ4n) is 8.51. The smallest absolute Gasteiger partial charge is 0.263 e. The molecule has 0 fully saturated rings. The molecule has 0 spiro atoms. The number of hydrogen-bond acceptors (Lipinski definition) is 1. The van der Waals surface area contributed by atoms with Crippen molar-refractivity contribution in [1.29, 1.82) is 0 Å². The van der Waals surface area contributed by atoms with Gasteiger partial charge in [-0.25, -0.2) is 0 Å². The molecule has 43 heavy (non-hydrogen) atoms. The van der Waals surface area contributed by atoms with Gasteiger partial charge in [-0.2, -0.15) is 0 Å². The highest BCUT2D eigenvalue weighted by molar-refractivity contribution is 6.21. The molecule has 0 radical (unpaired) electrons. The highest BCUT2D eigenvalue weighted by Crippen LogP contribution is 2.58. The van der Waals surface area contributed by atoms with Gasteiger partial charge in [-0.1, -0.05) is 98.8 Å². The lowest BCUT2D eigenvalue weighted by molar-refractivity contribution is 0.601. The predicted octanol–water partition coefficient (Wildman–Crippen LogP) is 9.66. The molecule has 8 aromatic rings. The molecule has 6 aromatic carbocycles. The van der Waals surface area contributed by atoms with Crippen molar-refractivity contribution >= 4 is 38.0 Å². The molecule has 0 saturated heterocycles. The average Bonchev–Trinajstić information content (AvgIpc) is 3.56. The van der Waals surface area contributed by atoms with Crippen LogP contribution in [-0.2, 0) is 5.41 Å². The predicted molar refractivity (Wildman–Crippen MR) is 178 cm³/mol. The maximum Gasteiger partial charge on any atom is 0.263 e. The number of nitrogens with zero attached hydrogens (tertiary/aromatic N) is 1. The Bertz CT molecular complexity index is 2570. The number of fused-ring (bicyclic) bond motifs is 10. The van der Waals surface area contributed by atoms with Crippen LogP contribution in [0.15, 0.2) is 126 Å². The Morgan fingerprint density at radius 3 is 2.02 bits per heavy atom. The van der Waals surface area contributed by atoms with E-state index >= 15 is 0 Å². The van der Waals surface area contributed by atoms with Crippen LogP contribution in [0.4, 0.5) is 0 Å². The van der Waals surface area contributed by atoms with Gasteiger partial charge in [0.2, 0.25) is 0 Å². The minimum atomic E-state index is -0.136. The largest absolute Gasteiger partial charge is 0.275 e. The Morgan fingerprint density at radius 2 is 1.19 bits per heavy atom. The van der Waals surface area contributed by atoms with Crippen LogP contribution in [0.1, 0.15) is 47.6 Å². The first-order valence-electron chi connectivity index (χ1n) is 15.1. The van der Waals surface area contributed by atoms with Gasteiger partial charge in [-0.15, -0.1) is 0 Å². The third kappa shape index (κ3) is 2.77. The van der Waals surface area contributed by atoms with Crippen molar-refractivity contribution in [1.82, 2.24) is 4.40 Å². The Morgan fingerprint density at radius 1 is 0.558 bits per heavy atom. The van der Waals surface area contributed by atoms with Gasteiger partial charge in [0, 0.05) is 32.9 Å². The third-order valence-corrected chi connectivity index (χ3v) is 10.4. The first-order valence-corrected chi connectivity index (χ1v) is 15.1. The molecular weight excluding hydrogens is 522 g/mol. The summed E-state index contributed by atoms with van der Waals surface area (Å²) in [5.74, 6) is 0.263. The van der Waals surface area contributed by atoms with Gasteiger partial charge < -0.3 is 0 Å². The second kappa shape index (κ2) is 7.79. The Labute approximate surface area is 248 Å². The summed E-state index contributed by atoms with van der Waals surface area (Å²) in [6.45, 7) is 4.76. The molecular formula is C41H27NO. The van der Waals surface area contributed by atoms with E-state index in [1.165, 1.54) is 50.1 Å². The van der Waals surface area contributed by atoms with Gasteiger partial charge in [0.05, 0.1) is 11.0 Å². The van der Waals surface area contributed by atoms with Gasteiger partial charge in [-0.3, -0.25) is 9.20 Å². The first-order chi connectivity index (χ1) is 21.0. The van der Waals surface area contributed by atoms with Gasteiger partial charge in [-0.05, 0) is 91.9 Å². The minimum Gasteiger partial charge on any atom is -0.275 e. The Balaban J connectivity index is 1.35. The van der Waals surface area contributed by atoms with Crippen molar-refractivity contribution < 1.29 is 0 Å². The van der Waals surface area contributed by atoms with Crippen LogP contribution in [0.2, 0.25) is 0 Å². The zero-order valence-electron chi connectivity index (χ0n) is 24.0. The normalized spacial score (nSPS) is 16.2. The molecule has 0 saturated carbocycles. The van der Waals surface area contributed by atoms with Crippen LogP contribution in [0.3, 0.4) is 0 Å². The van der Waals surface area contributed by atoms with E-state index in [1.54, 1.807) is 0 Å². The molecule has 2 nitrogen and oxygen atoms in total. The average molecular weight is 550 g/mol. The molecule has 2 aliphatic carbocycles. The number of hydrogen-bond donors (Lipinski definition) is 0. The van der Waals surface area contributed by atoms with Crippen LogP contribution < -0.4 is 5.56 Å². The van der Waals surface area contributed by atoms with E-state index < -0.39 is 0 Å². The lowest BCUT2D eigenvalue weighted by Crippen LogP contribution is -2.29. The van der Waals surface area contributed by atoms with E-state index in [1.807, 2.05) is 28.7 Å². The van der Waals surface area contributed by atoms with Crippen molar-refractivity contribution in [3.8, 4) is 22.3 Å². The van der Waals surface area contributed by atoms with Crippen LogP contribution >= 0.6 is 0 Å². The molecule has 1 atom stereocenters. The van der Waals surface area contributed by atoms with Crippen LogP contribution in [-0.4, -0.2) is 4.40 Å². The van der Waals surface area contributed by atoms with Crippen LogP contribution in [0.25, 0.3) is 60.2 Å². The topological polar surface area (TPSA) is 21.5 Å². The van der Waals surface area contributed by atoms with Crippen molar-refractivity contribution in [2.24, 2.45) is 0 Å². The SMILES string of the molecule is CC1(C)c2ccccc2C2c3ccccc3-c3cc(-c4cc5c6ccccc6c(=O)n6c7ccccc7c(c4)c56)cc1c32. The number of benzene rings is 6. The van der Waals surface area contributed by atoms with Gasteiger partial charge in [0.25, 0.3) is 5.56 Å². The first kappa shape index (κ1) is 23.4. The van der Waals surface area contributed by atoms with Crippen molar-refractivity contribution in [3.63, 3.8) is 0 Å². The monoisotopic (exact) mass is 549 g/mol. The number of pyridine rings is 1. The van der Waals surface area contributed by atoms with E-state index in [-0.39, 0.29) is 16.9 Å². The fourth-order valence-corrected chi connectivity index (χ4v) is 8.51. The highest BCUT2D eigenvalue weighted by Gasteiger charge is 2.43. The summed E-state index contributed by atoms with van der Waals surface area (Å²) in [5, 5.41) is 5.13. The molecule has 202 valence electrons. The third-order valence-electron chi connectivity index (χ3n) is 10.4. The van der Waals surface area contributed by atoms with E-state index in [2.05, 4.69) is 111 Å². The minimum absolute atomic E-state index is 0.0482. The van der Waals surface area contributed by atoms with E-state index in [4.69, 9.17) is 0 Å². The second-order valence-corrected chi connectivity index (χ2v) is 12.8. The van der Waals surface area contributed by atoms with Crippen LogP contribution in [0, 0.1) is 0 Å². The molecule has 0 aliphatic heterocycles. The summed E-state index contributed by atoms with van der Waals surface area (Å²) in [6, 6.07) is 43.9. The summed E-state index contributed by atoms with van der Waals surface area (Å²) < 4.78 is 1.93. The van der Waals surface area contributed by atoms with Crippen molar-refractivity contribution in [2.75, 3.05) is 0 Å². The van der Waals surface area contributed by atoms with E-state index in [0.29, 0.717) is 0 Å². The lowest BCUT2D eigenvalue weighted by atomic mass is 9.64. The lowest BCUT2D eigenvalue weighted by Gasteiger charge is -2.38. The van der Waals surface area contributed by atoms with Crippen molar-refractivity contribution in [3.05, 3.63) is 159 Å².